The van der Waals surface area contributed by atoms with Crippen LogP contribution < -0.4 is 4.74 Å². The molecule has 6 heteroatoms. The van der Waals surface area contributed by atoms with Crippen molar-refractivity contribution in [1.29, 1.82) is 0 Å². The maximum Gasteiger partial charge on any atom is 0.410 e. The van der Waals surface area contributed by atoms with Crippen molar-refractivity contribution in [3.63, 3.8) is 0 Å². The van der Waals surface area contributed by atoms with Gasteiger partial charge in [0.25, 0.3) is 0 Å². The lowest BCUT2D eigenvalue weighted by molar-refractivity contribution is -0.0239. The molecule has 30 heavy (non-hydrogen) atoms. The first-order valence-corrected chi connectivity index (χ1v) is 10.2. The number of piperidine rings is 1. The summed E-state index contributed by atoms with van der Waals surface area (Å²) in [5.74, 6) is 0.125. The molecule has 0 aliphatic carbocycles. The second kappa shape index (κ2) is 8.64. The monoisotopic (exact) mass is 415 g/mol. The quantitative estimate of drug-likeness (QED) is 0.785. The Morgan fingerprint density at radius 2 is 1.70 bits per heavy atom. The lowest BCUT2D eigenvalue weighted by Gasteiger charge is -2.42. The number of likely N-dealkylation sites (tertiary alicyclic amines) is 1. The first-order chi connectivity index (χ1) is 14.1. The number of carbonyl (C=O) groups excluding carboxylic acids is 1. The Morgan fingerprint density at radius 3 is 2.27 bits per heavy atom. The van der Waals surface area contributed by atoms with E-state index in [0.717, 1.165) is 0 Å². The number of carbonyl (C=O) groups is 1. The summed E-state index contributed by atoms with van der Waals surface area (Å²) in [4.78, 5) is 14.1. The van der Waals surface area contributed by atoms with E-state index in [9.17, 15) is 14.3 Å². The summed E-state index contributed by atoms with van der Waals surface area (Å²) in [5, 5.41) is 12.0. The average molecular weight is 416 g/mol. The second-order valence-electron chi connectivity index (χ2n) is 8.75. The molecule has 162 valence electrons. The topological polar surface area (TPSA) is 59.0 Å². The number of ether oxygens (including phenoxy) is 2. The third kappa shape index (κ3) is 4.75. The van der Waals surface area contributed by atoms with Gasteiger partial charge in [-0.05, 0) is 74.9 Å². The van der Waals surface area contributed by atoms with Crippen molar-refractivity contribution in [3.8, 4) is 5.75 Å². The average Bonchev–Trinajstić information content (AvgIpc) is 2.72. The van der Waals surface area contributed by atoms with Crippen LogP contribution in [0.15, 0.2) is 48.5 Å². The molecule has 0 saturated carbocycles. The SMILES string of the molecule is COc1cccc([C@@](O)(c2ccc(F)cc2)C2CCN(C(=O)OC(C)(C)C)CC2)c1. The molecule has 1 fully saturated rings. The number of halogens is 1. The molecule has 5 nitrogen and oxygen atoms in total. The highest BCUT2D eigenvalue weighted by Crippen LogP contribution is 2.43. The minimum atomic E-state index is -1.33. The van der Waals surface area contributed by atoms with Gasteiger partial charge in [-0.1, -0.05) is 24.3 Å². The van der Waals surface area contributed by atoms with Crippen LogP contribution in [0.2, 0.25) is 0 Å². The van der Waals surface area contributed by atoms with Gasteiger partial charge in [-0.3, -0.25) is 0 Å². The maximum absolute atomic E-state index is 13.6. The fraction of sp³-hybridized carbons (Fsp3) is 0.458. The molecule has 3 rings (SSSR count). The molecule has 1 amide bonds. The molecule has 2 aromatic rings. The fourth-order valence-electron chi connectivity index (χ4n) is 4.01. The molecule has 0 spiro atoms. The zero-order valence-electron chi connectivity index (χ0n) is 18.0. The Kier molecular flexibility index (Phi) is 6.36. The highest BCUT2D eigenvalue weighted by atomic mass is 19.1. The van der Waals surface area contributed by atoms with E-state index in [1.807, 2.05) is 45.0 Å². The second-order valence-corrected chi connectivity index (χ2v) is 8.75. The van der Waals surface area contributed by atoms with Crippen molar-refractivity contribution in [2.45, 2.75) is 44.8 Å². The number of methoxy groups -OCH3 is 1. The normalized spacial score (nSPS) is 17.3. The summed E-state index contributed by atoms with van der Waals surface area (Å²) in [6.45, 7) is 6.48. The van der Waals surface area contributed by atoms with Crippen LogP contribution >= 0.6 is 0 Å². The summed E-state index contributed by atoms with van der Waals surface area (Å²) in [5.41, 5.74) is -0.580. The van der Waals surface area contributed by atoms with Gasteiger partial charge in [-0.2, -0.15) is 0 Å². The van der Waals surface area contributed by atoms with E-state index in [4.69, 9.17) is 9.47 Å². The number of amides is 1. The van der Waals surface area contributed by atoms with Gasteiger partial charge < -0.3 is 19.5 Å². The number of aliphatic hydroxyl groups is 1. The van der Waals surface area contributed by atoms with Crippen molar-refractivity contribution < 1.29 is 23.8 Å². The van der Waals surface area contributed by atoms with Crippen molar-refractivity contribution in [2.24, 2.45) is 5.92 Å². The van der Waals surface area contributed by atoms with Gasteiger partial charge in [0.05, 0.1) is 7.11 Å². The largest absolute Gasteiger partial charge is 0.497 e. The Balaban J connectivity index is 1.89. The summed E-state index contributed by atoms with van der Waals surface area (Å²) >= 11 is 0. The van der Waals surface area contributed by atoms with E-state index in [1.165, 1.54) is 12.1 Å². The van der Waals surface area contributed by atoms with Crippen molar-refractivity contribution >= 4 is 6.09 Å². The fourth-order valence-corrected chi connectivity index (χ4v) is 4.01. The summed E-state index contributed by atoms with van der Waals surface area (Å²) in [6, 6.07) is 13.3. The lowest BCUT2D eigenvalue weighted by atomic mass is 9.72. The summed E-state index contributed by atoms with van der Waals surface area (Å²) in [6.07, 6.45) is 0.835. The summed E-state index contributed by atoms with van der Waals surface area (Å²) < 4.78 is 24.4. The van der Waals surface area contributed by atoms with E-state index in [0.29, 0.717) is 42.8 Å². The van der Waals surface area contributed by atoms with E-state index < -0.39 is 11.2 Å². The highest BCUT2D eigenvalue weighted by Gasteiger charge is 2.42. The first-order valence-electron chi connectivity index (χ1n) is 10.2. The number of hydrogen-bond donors (Lipinski definition) is 1. The zero-order chi connectivity index (χ0) is 21.9. The molecule has 1 saturated heterocycles. The van der Waals surface area contributed by atoms with Gasteiger partial charge in [-0.15, -0.1) is 0 Å². The third-order valence-electron chi connectivity index (χ3n) is 5.53. The first kappa shape index (κ1) is 22.1. The van der Waals surface area contributed by atoms with Crippen LogP contribution in [0.4, 0.5) is 9.18 Å². The number of nitrogens with zero attached hydrogens (tertiary/aromatic N) is 1. The van der Waals surface area contributed by atoms with Crippen LogP contribution in [0.25, 0.3) is 0 Å². The molecule has 0 radical (unpaired) electrons. The zero-order valence-corrected chi connectivity index (χ0v) is 18.0. The standard InChI is InChI=1S/C24H30FNO4/c1-23(2,3)30-22(27)26-14-12-18(13-15-26)24(28,17-8-10-20(25)11-9-17)19-6-5-7-21(16-19)29-4/h5-11,16,18,28H,12-15H2,1-4H3/t24-/m1/s1. The Labute approximate surface area is 177 Å². The van der Waals surface area contributed by atoms with E-state index in [-0.39, 0.29) is 17.8 Å². The predicted molar refractivity (Wildman–Crippen MR) is 113 cm³/mol. The Hall–Kier alpha value is -2.60. The molecule has 1 N–H and O–H groups in total. The molecule has 0 aromatic heterocycles. The van der Waals surface area contributed by atoms with E-state index >= 15 is 0 Å². The highest BCUT2D eigenvalue weighted by molar-refractivity contribution is 5.68. The van der Waals surface area contributed by atoms with Crippen LogP contribution in [0.3, 0.4) is 0 Å². The van der Waals surface area contributed by atoms with Crippen molar-refractivity contribution in [1.82, 2.24) is 4.90 Å². The molecule has 2 aromatic carbocycles. The van der Waals surface area contributed by atoms with E-state index in [1.54, 1.807) is 24.1 Å². The summed E-state index contributed by atoms with van der Waals surface area (Å²) in [7, 11) is 1.58. The van der Waals surface area contributed by atoms with Crippen molar-refractivity contribution in [2.75, 3.05) is 20.2 Å². The number of rotatable bonds is 4. The smallest absolute Gasteiger partial charge is 0.410 e. The molecule has 0 bridgehead atoms. The Bertz CT molecular complexity index is 870. The van der Waals surface area contributed by atoms with Crippen LogP contribution in [0, 0.1) is 11.7 Å². The molecule has 0 unspecified atom stereocenters. The van der Waals surface area contributed by atoms with Crippen LogP contribution in [0.1, 0.15) is 44.7 Å². The van der Waals surface area contributed by atoms with Gasteiger partial charge >= 0.3 is 6.09 Å². The van der Waals surface area contributed by atoms with Gasteiger partial charge in [0.15, 0.2) is 0 Å². The van der Waals surface area contributed by atoms with Crippen LogP contribution in [-0.4, -0.2) is 41.9 Å². The molecule has 1 aliphatic heterocycles. The molecular weight excluding hydrogens is 385 g/mol. The molecule has 1 atom stereocenters. The van der Waals surface area contributed by atoms with E-state index in [2.05, 4.69) is 0 Å². The van der Waals surface area contributed by atoms with Gasteiger partial charge in [0.2, 0.25) is 0 Å². The molecule has 1 heterocycles. The predicted octanol–water partition coefficient (Wildman–Crippen LogP) is 4.72. The minimum absolute atomic E-state index is 0.159. The van der Waals surface area contributed by atoms with Gasteiger partial charge in [0, 0.05) is 13.1 Å². The van der Waals surface area contributed by atoms with Gasteiger partial charge in [0.1, 0.15) is 22.8 Å². The number of benzene rings is 2. The van der Waals surface area contributed by atoms with Gasteiger partial charge in [-0.25, -0.2) is 9.18 Å². The molecular formula is C24H30FNO4. The Morgan fingerprint density at radius 1 is 1.07 bits per heavy atom. The number of hydrogen-bond acceptors (Lipinski definition) is 4. The van der Waals surface area contributed by atoms with Crippen LogP contribution in [-0.2, 0) is 10.3 Å². The molecule has 1 aliphatic rings. The van der Waals surface area contributed by atoms with Crippen LogP contribution in [0.5, 0.6) is 5.75 Å². The third-order valence-corrected chi connectivity index (χ3v) is 5.53. The van der Waals surface area contributed by atoms with Crippen molar-refractivity contribution in [3.05, 3.63) is 65.5 Å². The lowest BCUT2D eigenvalue weighted by Crippen LogP contribution is -2.47. The maximum atomic E-state index is 13.6. The minimum Gasteiger partial charge on any atom is -0.497 e.